The lowest BCUT2D eigenvalue weighted by atomic mass is 9.96. The third-order valence-corrected chi connectivity index (χ3v) is 6.95. The molecule has 3 rings (SSSR count). The zero-order chi connectivity index (χ0) is 24.0. The molecule has 1 heterocycles. The van der Waals surface area contributed by atoms with E-state index in [1.807, 2.05) is 13.0 Å². The van der Waals surface area contributed by atoms with Crippen LogP contribution in [0.5, 0.6) is 0 Å². The van der Waals surface area contributed by atoms with Gasteiger partial charge in [0.25, 0.3) is 0 Å². The summed E-state index contributed by atoms with van der Waals surface area (Å²) in [6.07, 6.45) is 4.56. The van der Waals surface area contributed by atoms with Gasteiger partial charge < -0.3 is 15.2 Å². The molecule has 0 bridgehead atoms. The minimum absolute atomic E-state index is 0.0487. The molecule has 1 aliphatic rings. The molecular formula is C25H27FN4O2S. The van der Waals surface area contributed by atoms with Crippen LogP contribution in [0.4, 0.5) is 4.39 Å². The van der Waals surface area contributed by atoms with Crippen LogP contribution in [-0.2, 0) is 22.4 Å². The van der Waals surface area contributed by atoms with Crippen molar-refractivity contribution in [3.8, 4) is 23.3 Å². The first-order valence-electron chi connectivity index (χ1n) is 10.9. The smallest absolute Gasteiger partial charge is 0.238 e. The fourth-order valence-corrected chi connectivity index (χ4v) is 4.82. The molecule has 2 N–H and O–H groups in total. The number of hydrogen-bond donors (Lipinski definition) is 2. The number of nitriles is 2. The molecule has 2 aromatic carbocycles. The van der Waals surface area contributed by atoms with Crippen molar-refractivity contribution in [3.63, 3.8) is 0 Å². The Morgan fingerprint density at radius 2 is 2.00 bits per heavy atom. The number of nitrogens with zero attached hydrogens (tertiary/aromatic N) is 2. The molecule has 0 radical (unpaired) electrons. The first-order valence-corrected chi connectivity index (χ1v) is 12.5. The highest BCUT2D eigenvalue weighted by Crippen LogP contribution is 2.27. The highest BCUT2D eigenvalue weighted by molar-refractivity contribution is 7.90. The number of nitrogens with one attached hydrogen (secondary N) is 2. The summed E-state index contributed by atoms with van der Waals surface area (Å²) in [5, 5.41) is 24.7. The van der Waals surface area contributed by atoms with Gasteiger partial charge in [-0.1, -0.05) is 31.5 Å². The van der Waals surface area contributed by atoms with Gasteiger partial charge in [0, 0.05) is 12.5 Å². The number of halogens is 1. The molecule has 1 aliphatic heterocycles. The number of benzene rings is 2. The van der Waals surface area contributed by atoms with E-state index in [-0.39, 0.29) is 24.3 Å². The molecule has 6 nitrogen and oxygen atoms in total. The number of carbonyl (C=O) groups is 1. The zero-order valence-corrected chi connectivity index (χ0v) is 19.5. The molecule has 0 saturated carbocycles. The summed E-state index contributed by atoms with van der Waals surface area (Å²) in [6.45, 7) is 2.78. The number of hydrogen-bond acceptors (Lipinski definition) is 5. The fourth-order valence-electron chi connectivity index (χ4n) is 4.10. The Morgan fingerprint density at radius 1 is 1.27 bits per heavy atom. The van der Waals surface area contributed by atoms with Crippen molar-refractivity contribution in [2.75, 3.05) is 12.8 Å². The van der Waals surface area contributed by atoms with E-state index in [1.54, 1.807) is 30.3 Å². The van der Waals surface area contributed by atoms with Gasteiger partial charge in [-0.15, -0.1) is 0 Å². The number of amides is 1. The molecule has 0 aliphatic carbocycles. The average Bonchev–Trinajstić information content (AvgIpc) is 3.03. The monoisotopic (exact) mass is 466 g/mol. The summed E-state index contributed by atoms with van der Waals surface area (Å²) >= 11 is -1.35. The molecule has 1 amide bonds. The SMILES string of the molecule is C[C@H]1CCCCNC1C(=O)N[C@H](C#N)Cc1ccc(-c2ccc(C#N)c([S+](C)[O-])c2)cc1F. The zero-order valence-electron chi connectivity index (χ0n) is 18.7. The van der Waals surface area contributed by atoms with Crippen LogP contribution in [0.2, 0.25) is 0 Å². The molecule has 172 valence electrons. The Balaban J connectivity index is 1.74. The van der Waals surface area contributed by atoms with Gasteiger partial charge in [0.2, 0.25) is 5.91 Å². The molecule has 2 unspecified atom stereocenters. The topological polar surface area (TPSA) is 112 Å². The van der Waals surface area contributed by atoms with Gasteiger partial charge in [-0.2, -0.15) is 10.5 Å². The summed E-state index contributed by atoms with van der Waals surface area (Å²) in [6, 6.07) is 12.4. The summed E-state index contributed by atoms with van der Waals surface area (Å²) in [4.78, 5) is 13.1. The van der Waals surface area contributed by atoms with Crippen molar-refractivity contribution < 1.29 is 13.7 Å². The molecular weight excluding hydrogens is 439 g/mol. The second kappa shape index (κ2) is 11.3. The normalized spacial score (nSPS) is 20.1. The van der Waals surface area contributed by atoms with E-state index >= 15 is 0 Å². The predicted octanol–water partition coefficient (Wildman–Crippen LogP) is 3.43. The highest BCUT2D eigenvalue weighted by Gasteiger charge is 2.28. The maximum atomic E-state index is 14.9. The van der Waals surface area contributed by atoms with Gasteiger partial charge >= 0.3 is 0 Å². The summed E-state index contributed by atoms with van der Waals surface area (Å²) in [7, 11) is 0. The number of rotatable bonds is 6. The van der Waals surface area contributed by atoms with E-state index in [1.165, 1.54) is 12.3 Å². The van der Waals surface area contributed by atoms with Crippen LogP contribution in [0, 0.1) is 34.4 Å². The van der Waals surface area contributed by atoms with Gasteiger partial charge in [0.1, 0.15) is 29.7 Å². The Morgan fingerprint density at radius 3 is 2.67 bits per heavy atom. The van der Waals surface area contributed by atoms with Gasteiger partial charge in [-0.3, -0.25) is 4.79 Å². The van der Waals surface area contributed by atoms with E-state index < -0.39 is 23.0 Å². The molecule has 2 aromatic rings. The molecule has 1 saturated heterocycles. The largest absolute Gasteiger partial charge is 0.612 e. The molecule has 4 atom stereocenters. The van der Waals surface area contributed by atoms with E-state index in [0.29, 0.717) is 27.1 Å². The summed E-state index contributed by atoms with van der Waals surface area (Å²) < 4.78 is 26.8. The lowest BCUT2D eigenvalue weighted by molar-refractivity contribution is -0.124. The van der Waals surface area contributed by atoms with Crippen LogP contribution < -0.4 is 10.6 Å². The minimum atomic E-state index is -1.35. The standard InChI is InChI=1S/C25H27FN4O2S/c1-16-5-3-4-10-29-24(16)25(31)30-21(15-28)11-19-8-6-17(12-22(19)26)18-7-9-20(14-27)23(13-18)33(2)32/h6-9,12-13,16,21,24,29H,3-5,10-11H2,1-2H3,(H,30,31)/t16-,21-,24?,33?/m0/s1. The van der Waals surface area contributed by atoms with Gasteiger partial charge in [-0.05, 0) is 65.3 Å². The average molecular weight is 467 g/mol. The van der Waals surface area contributed by atoms with Crippen LogP contribution in [-0.4, -0.2) is 35.3 Å². The first kappa shape index (κ1) is 24.7. The van der Waals surface area contributed by atoms with E-state index in [4.69, 9.17) is 0 Å². The maximum Gasteiger partial charge on any atom is 0.238 e. The van der Waals surface area contributed by atoms with E-state index in [0.717, 1.165) is 25.8 Å². The molecule has 8 heteroatoms. The summed E-state index contributed by atoms with van der Waals surface area (Å²) in [5.41, 5.74) is 1.85. The Kier molecular flexibility index (Phi) is 8.46. The van der Waals surface area contributed by atoms with Crippen molar-refractivity contribution in [1.82, 2.24) is 10.6 Å². The third kappa shape index (κ3) is 6.11. The summed E-state index contributed by atoms with van der Waals surface area (Å²) in [5.74, 6) is -0.560. The van der Waals surface area contributed by atoms with Crippen LogP contribution in [0.1, 0.15) is 37.3 Å². The highest BCUT2D eigenvalue weighted by atomic mass is 32.2. The third-order valence-electron chi connectivity index (χ3n) is 6.00. The van der Waals surface area contributed by atoms with Crippen LogP contribution in [0.15, 0.2) is 41.3 Å². The molecule has 1 fully saturated rings. The van der Waals surface area contributed by atoms with Crippen LogP contribution in [0.3, 0.4) is 0 Å². The molecule has 0 aromatic heterocycles. The quantitative estimate of drug-likeness (QED) is 0.634. The molecule has 0 spiro atoms. The van der Waals surface area contributed by atoms with Crippen molar-refractivity contribution >= 4 is 17.1 Å². The minimum Gasteiger partial charge on any atom is -0.612 e. The lowest BCUT2D eigenvalue weighted by Gasteiger charge is -2.23. The molecule has 33 heavy (non-hydrogen) atoms. The number of carbonyl (C=O) groups excluding carboxylic acids is 1. The maximum absolute atomic E-state index is 14.9. The van der Waals surface area contributed by atoms with Gasteiger partial charge in [0.15, 0.2) is 4.90 Å². The Hall–Kier alpha value is -2.91. The lowest BCUT2D eigenvalue weighted by Crippen LogP contribution is -2.50. The van der Waals surface area contributed by atoms with E-state index in [9.17, 15) is 24.3 Å². The fraction of sp³-hybridized carbons (Fsp3) is 0.400. The van der Waals surface area contributed by atoms with Crippen LogP contribution >= 0.6 is 0 Å². The Bertz CT molecular complexity index is 1090. The van der Waals surface area contributed by atoms with Gasteiger partial charge in [0.05, 0.1) is 12.1 Å². The van der Waals surface area contributed by atoms with Crippen molar-refractivity contribution in [2.24, 2.45) is 5.92 Å². The predicted molar refractivity (Wildman–Crippen MR) is 125 cm³/mol. The van der Waals surface area contributed by atoms with Crippen molar-refractivity contribution in [3.05, 3.63) is 53.3 Å². The van der Waals surface area contributed by atoms with Crippen molar-refractivity contribution in [2.45, 2.75) is 49.6 Å². The second-order valence-corrected chi connectivity index (χ2v) is 9.73. The Labute approximate surface area is 197 Å². The van der Waals surface area contributed by atoms with Crippen molar-refractivity contribution in [1.29, 1.82) is 10.5 Å². The first-order chi connectivity index (χ1) is 15.8. The van der Waals surface area contributed by atoms with Crippen LogP contribution in [0.25, 0.3) is 11.1 Å². The van der Waals surface area contributed by atoms with E-state index in [2.05, 4.69) is 16.7 Å². The van der Waals surface area contributed by atoms with Gasteiger partial charge in [-0.25, -0.2) is 4.39 Å². The second-order valence-electron chi connectivity index (χ2n) is 8.38.